The lowest BCUT2D eigenvalue weighted by atomic mass is 9.95. The van der Waals surface area contributed by atoms with E-state index in [2.05, 4.69) is 75.5 Å². The van der Waals surface area contributed by atoms with Gasteiger partial charge in [-0.2, -0.15) is 0 Å². The third-order valence-electron chi connectivity index (χ3n) is 5.51. The molecular weight excluding hydrogens is 424 g/mol. The molecule has 0 N–H and O–H groups in total. The molecule has 0 spiro atoms. The first-order valence-electron chi connectivity index (χ1n) is 11.1. The highest BCUT2D eigenvalue weighted by molar-refractivity contribution is 8.03. The average molecular weight is 453 g/mol. The predicted molar refractivity (Wildman–Crippen MR) is 139 cm³/mol. The van der Waals surface area contributed by atoms with Crippen molar-refractivity contribution in [2.75, 3.05) is 10.7 Å². The van der Waals surface area contributed by atoms with E-state index in [0.717, 1.165) is 40.6 Å². The summed E-state index contributed by atoms with van der Waals surface area (Å²) in [6.07, 6.45) is 16.0. The van der Waals surface area contributed by atoms with Crippen LogP contribution in [0.5, 0.6) is 0 Å². The van der Waals surface area contributed by atoms with Crippen LogP contribution in [0.1, 0.15) is 29.9 Å². The van der Waals surface area contributed by atoms with Gasteiger partial charge in [-0.15, -0.1) is 11.8 Å². The molecule has 0 bridgehead atoms. The highest BCUT2D eigenvalue weighted by Gasteiger charge is 2.25. The number of anilines is 1. The monoisotopic (exact) mass is 452 g/mol. The molecule has 1 aromatic carbocycles. The summed E-state index contributed by atoms with van der Waals surface area (Å²) in [6.45, 7) is 9.64. The third kappa shape index (κ3) is 6.08. The lowest BCUT2D eigenvalue weighted by molar-refractivity contribution is 0.809. The van der Waals surface area contributed by atoms with Crippen LogP contribution < -0.4 is 4.90 Å². The van der Waals surface area contributed by atoms with Crippen molar-refractivity contribution in [2.24, 2.45) is 0 Å². The molecule has 0 amide bonds. The summed E-state index contributed by atoms with van der Waals surface area (Å²) in [7, 11) is 0. The Morgan fingerprint density at radius 2 is 1.79 bits per heavy atom. The Morgan fingerprint density at radius 1 is 1.00 bits per heavy atom. The zero-order valence-electron chi connectivity index (χ0n) is 18.7. The number of pyridine rings is 1. The van der Waals surface area contributed by atoms with Crippen LogP contribution in [-0.4, -0.2) is 20.7 Å². The number of thioether (sulfide) groups is 1. The Balaban J connectivity index is 1.64. The zero-order valence-corrected chi connectivity index (χ0v) is 19.5. The summed E-state index contributed by atoms with van der Waals surface area (Å²) in [5, 5.41) is 0. The second kappa shape index (κ2) is 11.4. The highest BCUT2D eigenvalue weighted by atomic mass is 32.2. The molecule has 4 rings (SSSR count). The Labute approximate surface area is 200 Å². The van der Waals surface area contributed by atoms with Gasteiger partial charge in [-0.05, 0) is 41.0 Å². The molecule has 1 aliphatic carbocycles. The molecule has 1 unspecified atom stereocenters. The van der Waals surface area contributed by atoms with Crippen LogP contribution >= 0.6 is 11.8 Å². The van der Waals surface area contributed by atoms with Crippen molar-refractivity contribution in [2.45, 2.75) is 25.3 Å². The Bertz CT molecular complexity index is 1120. The van der Waals surface area contributed by atoms with Crippen molar-refractivity contribution in [3.63, 3.8) is 0 Å². The lowest BCUT2D eigenvalue weighted by Gasteiger charge is -2.32. The quantitative estimate of drug-likeness (QED) is 0.342. The van der Waals surface area contributed by atoms with Crippen LogP contribution in [0.25, 0.3) is 0 Å². The van der Waals surface area contributed by atoms with Crippen molar-refractivity contribution in [1.29, 1.82) is 0 Å². The van der Waals surface area contributed by atoms with Crippen LogP contribution in [0, 0.1) is 0 Å². The lowest BCUT2D eigenvalue weighted by Crippen LogP contribution is -2.27. The van der Waals surface area contributed by atoms with Crippen LogP contribution in [0.15, 0.2) is 121 Å². The number of rotatable bonds is 10. The van der Waals surface area contributed by atoms with E-state index in [9.17, 15) is 0 Å². The molecule has 2 heterocycles. The average Bonchev–Trinajstić information content (AvgIpc) is 2.88. The molecule has 4 nitrogen and oxygen atoms in total. The predicted octanol–water partition coefficient (Wildman–Crippen LogP) is 6.70. The zero-order chi connectivity index (χ0) is 22.9. The van der Waals surface area contributed by atoms with Gasteiger partial charge in [-0.25, -0.2) is 15.0 Å². The molecule has 0 saturated carbocycles. The smallest absolute Gasteiger partial charge is 0.132 e. The topological polar surface area (TPSA) is 41.9 Å². The van der Waals surface area contributed by atoms with Gasteiger partial charge in [-0.1, -0.05) is 67.8 Å². The first-order chi connectivity index (χ1) is 16.2. The molecule has 2 aromatic heterocycles. The minimum atomic E-state index is -0.0593. The fourth-order valence-corrected chi connectivity index (χ4v) is 4.84. The Hall–Kier alpha value is -3.44. The normalized spacial score (nSPS) is 13.8. The summed E-state index contributed by atoms with van der Waals surface area (Å²) in [4.78, 5) is 16.2. The number of aromatic nitrogens is 3. The van der Waals surface area contributed by atoms with Crippen molar-refractivity contribution in [3.05, 3.63) is 132 Å². The van der Waals surface area contributed by atoms with E-state index in [-0.39, 0.29) is 5.92 Å². The van der Waals surface area contributed by atoms with Crippen molar-refractivity contribution < 1.29 is 0 Å². The summed E-state index contributed by atoms with van der Waals surface area (Å²) < 4.78 is 0. The number of hydrogen-bond donors (Lipinski definition) is 0. The van der Waals surface area contributed by atoms with E-state index >= 15 is 0 Å². The maximum Gasteiger partial charge on any atom is 0.132 e. The van der Waals surface area contributed by atoms with Crippen LogP contribution in [0.3, 0.4) is 0 Å². The first-order valence-corrected chi connectivity index (χ1v) is 12.0. The van der Waals surface area contributed by atoms with E-state index < -0.39 is 0 Å². The molecule has 1 aliphatic rings. The van der Waals surface area contributed by atoms with Crippen molar-refractivity contribution in [3.8, 4) is 0 Å². The molecule has 1 atom stereocenters. The highest BCUT2D eigenvalue weighted by Crippen LogP contribution is 2.40. The SMILES string of the molecule is C=C(SCC1=CCCC=C1)C(C(=C)N(Cc1cncnc1)c1ccccn1)c1ccccc1. The van der Waals surface area contributed by atoms with Gasteiger partial charge in [0.05, 0.1) is 12.5 Å². The summed E-state index contributed by atoms with van der Waals surface area (Å²) in [5.74, 6) is 1.68. The van der Waals surface area contributed by atoms with Gasteiger partial charge in [0.1, 0.15) is 12.1 Å². The molecule has 166 valence electrons. The Morgan fingerprint density at radius 3 is 2.48 bits per heavy atom. The first kappa shape index (κ1) is 22.7. The van der Waals surface area contributed by atoms with Gasteiger partial charge in [0.25, 0.3) is 0 Å². The van der Waals surface area contributed by atoms with Gasteiger partial charge < -0.3 is 4.90 Å². The standard InChI is InChI=1S/C28H28N4S/c1-22(32(27-15-9-10-16-31-27)19-25-17-29-21-30-18-25)28(26-13-7-4-8-14-26)23(2)33-20-24-11-5-3-6-12-24/h4-5,7-18,21,28H,1-3,6,19-20H2. The van der Waals surface area contributed by atoms with E-state index in [0.29, 0.717) is 6.54 Å². The molecule has 0 radical (unpaired) electrons. The number of allylic oxidation sites excluding steroid dienone is 4. The van der Waals surface area contributed by atoms with Crippen LogP contribution in [-0.2, 0) is 6.54 Å². The minimum Gasteiger partial charge on any atom is -0.325 e. The summed E-state index contributed by atoms with van der Waals surface area (Å²) >= 11 is 1.79. The maximum atomic E-state index is 4.62. The van der Waals surface area contributed by atoms with E-state index in [1.165, 1.54) is 11.1 Å². The number of hydrogen-bond acceptors (Lipinski definition) is 5. The summed E-state index contributed by atoms with van der Waals surface area (Å²) in [5.41, 5.74) is 4.44. The van der Waals surface area contributed by atoms with Crippen LogP contribution in [0.2, 0.25) is 0 Å². The largest absolute Gasteiger partial charge is 0.325 e. The Kier molecular flexibility index (Phi) is 7.88. The van der Waals surface area contributed by atoms with E-state index in [4.69, 9.17) is 0 Å². The number of nitrogens with zero attached hydrogens (tertiary/aromatic N) is 4. The van der Waals surface area contributed by atoms with Crippen molar-refractivity contribution >= 4 is 17.6 Å². The molecule has 0 saturated heterocycles. The van der Waals surface area contributed by atoms with Crippen molar-refractivity contribution in [1.82, 2.24) is 15.0 Å². The third-order valence-corrected chi connectivity index (χ3v) is 6.60. The molecule has 5 heteroatoms. The second-order valence-electron chi connectivity index (χ2n) is 7.87. The van der Waals surface area contributed by atoms with Gasteiger partial charge in [-0.3, -0.25) is 0 Å². The van der Waals surface area contributed by atoms with Crippen LogP contribution in [0.4, 0.5) is 5.82 Å². The fraction of sp³-hybridized carbons (Fsp3) is 0.179. The number of benzene rings is 1. The van der Waals surface area contributed by atoms with Gasteiger partial charge in [0.2, 0.25) is 0 Å². The second-order valence-corrected chi connectivity index (χ2v) is 8.97. The van der Waals surface area contributed by atoms with E-state index in [1.807, 2.05) is 36.7 Å². The van der Waals surface area contributed by atoms with Gasteiger partial charge in [0.15, 0.2) is 0 Å². The molecule has 33 heavy (non-hydrogen) atoms. The molecule has 3 aromatic rings. The van der Waals surface area contributed by atoms with Gasteiger partial charge >= 0.3 is 0 Å². The minimum absolute atomic E-state index is 0.0593. The maximum absolute atomic E-state index is 4.62. The van der Waals surface area contributed by atoms with Gasteiger partial charge in [0, 0.05) is 35.6 Å². The molecule has 0 aliphatic heterocycles. The summed E-state index contributed by atoms with van der Waals surface area (Å²) in [6, 6.07) is 16.4. The molecular formula is C28H28N4S. The fourth-order valence-electron chi connectivity index (χ4n) is 3.84. The molecule has 0 fully saturated rings. The van der Waals surface area contributed by atoms with E-state index in [1.54, 1.807) is 24.3 Å².